The molecule has 0 fully saturated rings. The van der Waals surface area contributed by atoms with Crippen LogP contribution in [0.2, 0.25) is 0 Å². The number of unbranched alkanes of at least 4 members (excludes halogenated alkanes) is 10. The van der Waals surface area contributed by atoms with Gasteiger partial charge in [0.2, 0.25) is 0 Å². The van der Waals surface area contributed by atoms with E-state index in [9.17, 15) is 14.7 Å². The number of carboxylic acids is 2. The molecule has 6 nitrogen and oxygen atoms in total. The lowest BCUT2D eigenvalue weighted by Gasteiger charge is -2.03. The van der Waals surface area contributed by atoms with Gasteiger partial charge in [0.05, 0.1) is 20.6 Å². The summed E-state index contributed by atoms with van der Waals surface area (Å²) in [6.07, 6.45) is 15.4. The van der Waals surface area contributed by atoms with Crippen LogP contribution in [0.25, 0.3) is 0 Å². The molecule has 0 bridgehead atoms. The van der Waals surface area contributed by atoms with Gasteiger partial charge in [-0.05, 0) is 25.8 Å². The molecule has 0 aromatic heterocycles. The molecular formula is C23H50N2O4. The van der Waals surface area contributed by atoms with Gasteiger partial charge >= 0.3 is 5.97 Å². The molecular weight excluding hydrogens is 368 g/mol. The number of quaternary nitrogens is 1. The average molecular weight is 419 g/mol. The van der Waals surface area contributed by atoms with Crippen molar-refractivity contribution in [3.8, 4) is 0 Å². The summed E-state index contributed by atoms with van der Waals surface area (Å²) >= 11 is 0. The molecule has 0 saturated carbocycles. The fraction of sp³-hybridized carbons (Fsp3) is 0.913. The van der Waals surface area contributed by atoms with Crippen LogP contribution < -0.4 is 15.7 Å². The van der Waals surface area contributed by atoms with Gasteiger partial charge in [-0.2, -0.15) is 0 Å². The first kappa shape index (κ1) is 32.5. The lowest BCUT2D eigenvalue weighted by Crippen LogP contribution is -3.05. The first-order chi connectivity index (χ1) is 13.8. The zero-order chi connectivity index (χ0) is 22.8. The molecule has 6 heteroatoms. The van der Waals surface area contributed by atoms with Crippen molar-refractivity contribution < 1.29 is 24.7 Å². The number of carbonyl (C=O) groups excluding carboxylic acids is 1. The van der Waals surface area contributed by atoms with Gasteiger partial charge in [-0.15, -0.1) is 0 Å². The van der Waals surface area contributed by atoms with Crippen molar-refractivity contribution in [3.05, 3.63) is 0 Å². The number of carboxylic acid groups (broad SMARTS) is 2. The van der Waals surface area contributed by atoms with Crippen molar-refractivity contribution in [1.82, 2.24) is 0 Å². The van der Waals surface area contributed by atoms with Crippen LogP contribution >= 0.6 is 0 Å². The van der Waals surface area contributed by atoms with Crippen LogP contribution in [0.1, 0.15) is 110 Å². The molecule has 0 unspecified atom stereocenters. The molecule has 29 heavy (non-hydrogen) atoms. The molecule has 0 aromatic carbocycles. The zero-order valence-corrected chi connectivity index (χ0v) is 19.8. The van der Waals surface area contributed by atoms with E-state index in [4.69, 9.17) is 10.8 Å². The van der Waals surface area contributed by atoms with Crippen LogP contribution in [0.15, 0.2) is 0 Å². The van der Waals surface area contributed by atoms with E-state index in [1.807, 2.05) is 0 Å². The van der Waals surface area contributed by atoms with Crippen molar-refractivity contribution >= 4 is 11.9 Å². The topological polar surface area (TPSA) is 108 Å². The smallest absolute Gasteiger partial charge is 0.303 e. The summed E-state index contributed by atoms with van der Waals surface area (Å²) in [5.74, 6) is -1.58. The molecule has 0 saturated heterocycles. The van der Waals surface area contributed by atoms with E-state index in [-0.39, 0.29) is 6.42 Å². The van der Waals surface area contributed by atoms with E-state index in [1.54, 1.807) is 0 Å². The highest BCUT2D eigenvalue weighted by Gasteiger charge is 1.95. The molecule has 0 atom stereocenters. The van der Waals surface area contributed by atoms with Gasteiger partial charge in [0.1, 0.15) is 0 Å². The Morgan fingerprint density at radius 3 is 1.48 bits per heavy atom. The lowest BCUT2D eigenvalue weighted by atomic mass is 10.1. The number of hydrogen-bond acceptors (Lipinski definition) is 4. The molecule has 0 amide bonds. The monoisotopic (exact) mass is 418 g/mol. The largest absolute Gasteiger partial charge is 0.550 e. The second-order valence-corrected chi connectivity index (χ2v) is 7.90. The minimum Gasteiger partial charge on any atom is -0.550 e. The molecule has 0 heterocycles. The van der Waals surface area contributed by atoms with Crippen molar-refractivity contribution in [2.45, 2.75) is 110 Å². The van der Waals surface area contributed by atoms with Gasteiger partial charge in [-0.1, -0.05) is 78.1 Å². The van der Waals surface area contributed by atoms with Gasteiger partial charge < -0.3 is 25.6 Å². The number of rotatable bonds is 17. The Kier molecular flexibility index (Phi) is 32.6. The summed E-state index contributed by atoms with van der Waals surface area (Å²) in [7, 11) is 4.27. The third-order valence-electron chi connectivity index (χ3n) is 4.36. The first-order valence-electron chi connectivity index (χ1n) is 11.7. The first-order valence-corrected chi connectivity index (χ1v) is 11.7. The third-order valence-corrected chi connectivity index (χ3v) is 4.36. The Balaban J connectivity index is -0.000000362. The Bertz CT molecular complexity index is 337. The maximum absolute atomic E-state index is 10.1. The van der Waals surface area contributed by atoms with Crippen LogP contribution in [0.4, 0.5) is 0 Å². The fourth-order valence-electron chi connectivity index (χ4n) is 2.56. The zero-order valence-electron chi connectivity index (χ0n) is 19.8. The Morgan fingerprint density at radius 1 is 0.759 bits per heavy atom. The van der Waals surface area contributed by atoms with E-state index in [0.29, 0.717) is 6.42 Å². The minimum absolute atomic E-state index is 0.226. The molecule has 176 valence electrons. The van der Waals surface area contributed by atoms with E-state index >= 15 is 0 Å². The van der Waals surface area contributed by atoms with Crippen molar-refractivity contribution in [2.75, 3.05) is 27.2 Å². The molecule has 0 radical (unpaired) electrons. The summed E-state index contributed by atoms with van der Waals surface area (Å²) in [6, 6.07) is 0. The fourth-order valence-corrected chi connectivity index (χ4v) is 2.56. The number of aliphatic carboxylic acids is 2. The van der Waals surface area contributed by atoms with Crippen molar-refractivity contribution in [1.29, 1.82) is 0 Å². The van der Waals surface area contributed by atoms with Crippen molar-refractivity contribution in [2.24, 2.45) is 5.73 Å². The second-order valence-electron chi connectivity index (χ2n) is 7.90. The van der Waals surface area contributed by atoms with Crippen LogP contribution in [0.3, 0.4) is 0 Å². The highest BCUT2D eigenvalue weighted by atomic mass is 16.4. The number of carbonyl (C=O) groups is 2. The quantitative estimate of drug-likeness (QED) is 0.315. The molecule has 0 spiro atoms. The van der Waals surface area contributed by atoms with Crippen LogP contribution in [-0.2, 0) is 9.59 Å². The predicted molar refractivity (Wildman–Crippen MR) is 120 cm³/mol. The minimum atomic E-state index is -0.920. The standard InChI is InChI=1S/C10H20O2.C8H16O2.C5H14N2/c1-2-3-4-5-6-7-8-9-10(11)12;1-2-3-4-5-6-7-8(9)10;1-7(2)5-3-4-6/h2-9H2,1H3,(H,11,12);2-7H2,1H3,(H,9,10);3-6H2,1-2H3. The highest BCUT2D eigenvalue weighted by Crippen LogP contribution is 2.08. The predicted octanol–water partition coefficient (Wildman–Crippen LogP) is 2.79. The molecule has 0 rings (SSSR count). The van der Waals surface area contributed by atoms with Crippen LogP contribution in [0.5, 0.6) is 0 Å². The van der Waals surface area contributed by atoms with E-state index in [0.717, 1.165) is 45.1 Å². The normalized spacial score (nSPS) is 10.0. The number of nitrogens with two attached hydrogens (primary N) is 1. The number of hydrogen-bond donors (Lipinski definition) is 3. The average Bonchev–Trinajstić information content (AvgIpc) is 2.66. The summed E-state index contributed by atoms with van der Waals surface area (Å²) in [6.45, 7) is 6.35. The second kappa shape index (κ2) is 29.1. The maximum Gasteiger partial charge on any atom is 0.303 e. The molecule has 0 aliphatic carbocycles. The molecule has 0 aromatic rings. The number of nitrogens with one attached hydrogen (secondary N) is 1. The van der Waals surface area contributed by atoms with E-state index in [2.05, 4.69) is 27.9 Å². The summed E-state index contributed by atoms with van der Waals surface area (Å²) in [5.41, 5.74) is 5.26. The summed E-state index contributed by atoms with van der Waals surface area (Å²) in [4.78, 5) is 21.5. The lowest BCUT2D eigenvalue weighted by molar-refractivity contribution is -0.858. The van der Waals surface area contributed by atoms with Crippen molar-refractivity contribution in [3.63, 3.8) is 0 Å². The van der Waals surface area contributed by atoms with Gasteiger partial charge in [-0.3, -0.25) is 4.79 Å². The Morgan fingerprint density at radius 2 is 1.17 bits per heavy atom. The molecule has 0 aliphatic heterocycles. The maximum atomic E-state index is 10.1. The van der Waals surface area contributed by atoms with Gasteiger partial charge in [0, 0.05) is 18.8 Å². The summed E-state index contributed by atoms with van der Waals surface area (Å²) < 4.78 is 0. The van der Waals surface area contributed by atoms with E-state index < -0.39 is 11.9 Å². The molecule has 4 N–H and O–H groups in total. The third kappa shape index (κ3) is 46.7. The van der Waals surface area contributed by atoms with E-state index in [1.165, 1.54) is 56.4 Å². The van der Waals surface area contributed by atoms with Gasteiger partial charge in [-0.25, -0.2) is 0 Å². The SMILES string of the molecule is CCCCCCCC(=O)[O-].CCCCCCCCCC(=O)O.C[NH+](C)CCCN. The highest BCUT2D eigenvalue weighted by molar-refractivity contribution is 5.66. The summed E-state index contributed by atoms with van der Waals surface area (Å²) in [5, 5.41) is 18.3. The molecule has 0 aliphatic rings. The van der Waals surface area contributed by atoms with Gasteiger partial charge in [0.15, 0.2) is 0 Å². The van der Waals surface area contributed by atoms with Crippen LogP contribution in [0, 0.1) is 0 Å². The van der Waals surface area contributed by atoms with Gasteiger partial charge in [0.25, 0.3) is 0 Å². The van der Waals surface area contributed by atoms with Crippen LogP contribution in [-0.4, -0.2) is 44.2 Å². The Labute approximate surface area is 180 Å². The Hall–Kier alpha value is -1.14.